The zero-order valence-corrected chi connectivity index (χ0v) is 17.2. The molecule has 0 saturated carbocycles. The van der Waals surface area contributed by atoms with Crippen LogP contribution >= 0.6 is 12.2 Å². The van der Waals surface area contributed by atoms with Gasteiger partial charge in [-0.15, -0.1) is 0 Å². The van der Waals surface area contributed by atoms with Crippen molar-refractivity contribution < 1.29 is 14.0 Å². The predicted molar refractivity (Wildman–Crippen MR) is 118 cm³/mol. The minimum absolute atomic E-state index is 0.0364. The molecular weight excluding hydrogens is 401 g/mol. The zero-order chi connectivity index (χ0) is 21.4. The van der Waals surface area contributed by atoms with Crippen molar-refractivity contribution in [2.75, 3.05) is 4.90 Å². The first kappa shape index (κ1) is 19.7. The molecule has 1 saturated heterocycles. The van der Waals surface area contributed by atoms with Crippen LogP contribution in [0.25, 0.3) is 11.8 Å². The molecule has 1 aliphatic rings. The highest BCUT2D eigenvalue weighted by molar-refractivity contribution is 7.80. The lowest BCUT2D eigenvalue weighted by Crippen LogP contribution is -2.54. The van der Waals surface area contributed by atoms with Crippen LogP contribution in [-0.4, -0.2) is 21.5 Å². The Labute approximate surface area is 178 Å². The molecule has 1 aromatic heterocycles. The van der Waals surface area contributed by atoms with Crippen molar-refractivity contribution in [1.82, 2.24) is 9.88 Å². The molecule has 4 rings (SSSR count). The number of benzene rings is 2. The molecule has 0 radical (unpaired) electrons. The summed E-state index contributed by atoms with van der Waals surface area (Å²) in [5, 5.41) is 2.64. The van der Waals surface area contributed by atoms with Crippen molar-refractivity contribution in [2.24, 2.45) is 0 Å². The molecule has 0 spiro atoms. The van der Waals surface area contributed by atoms with Crippen molar-refractivity contribution in [3.63, 3.8) is 0 Å². The lowest BCUT2D eigenvalue weighted by atomic mass is 10.1. The fourth-order valence-corrected chi connectivity index (χ4v) is 3.70. The van der Waals surface area contributed by atoms with E-state index in [1.165, 1.54) is 23.1 Å². The van der Waals surface area contributed by atoms with Gasteiger partial charge in [0.15, 0.2) is 5.11 Å². The Morgan fingerprint density at radius 2 is 1.77 bits per heavy atom. The second kappa shape index (κ2) is 7.68. The number of aryl methyl sites for hydroxylation is 2. The summed E-state index contributed by atoms with van der Waals surface area (Å²) in [6, 6.07) is 15.1. The smallest absolute Gasteiger partial charge is 0.270 e. The van der Waals surface area contributed by atoms with E-state index in [1.54, 1.807) is 35.0 Å². The topological polar surface area (TPSA) is 54.3 Å². The van der Waals surface area contributed by atoms with Crippen molar-refractivity contribution >= 4 is 40.9 Å². The monoisotopic (exact) mass is 419 g/mol. The van der Waals surface area contributed by atoms with E-state index in [1.807, 2.05) is 32.0 Å². The summed E-state index contributed by atoms with van der Waals surface area (Å²) in [7, 11) is 0. The number of rotatable bonds is 3. The Hall–Kier alpha value is -3.58. The molecule has 3 aromatic rings. The van der Waals surface area contributed by atoms with Gasteiger partial charge in [-0.25, -0.2) is 4.39 Å². The standard InChI is InChI=1S/C23H18FN3O2S/c1-14-5-10-20(15(2)12-14)27-22(29)19(21(28)25-23(27)30)13-18-4-3-11-26(18)17-8-6-16(24)7-9-17/h3-13H,1-2H3,(H,25,28,30)/b19-13+. The first-order valence-corrected chi connectivity index (χ1v) is 9.68. The molecule has 1 fully saturated rings. The van der Waals surface area contributed by atoms with Gasteiger partial charge in [0, 0.05) is 17.6 Å². The van der Waals surface area contributed by atoms with Crippen LogP contribution in [-0.2, 0) is 9.59 Å². The molecule has 2 heterocycles. The van der Waals surface area contributed by atoms with Gasteiger partial charge in [0.2, 0.25) is 0 Å². The number of aromatic nitrogens is 1. The van der Waals surface area contributed by atoms with Gasteiger partial charge in [0.25, 0.3) is 11.8 Å². The van der Waals surface area contributed by atoms with Crippen molar-refractivity contribution in [2.45, 2.75) is 13.8 Å². The summed E-state index contributed by atoms with van der Waals surface area (Å²) in [5.74, 6) is -1.40. The number of carbonyl (C=O) groups excluding carboxylic acids is 2. The average molecular weight is 419 g/mol. The summed E-state index contributed by atoms with van der Waals surface area (Å²) >= 11 is 5.28. The van der Waals surface area contributed by atoms with Crippen LogP contribution in [0.2, 0.25) is 0 Å². The molecule has 0 aliphatic carbocycles. The van der Waals surface area contributed by atoms with Gasteiger partial charge < -0.3 is 4.57 Å². The number of halogens is 1. The number of carbonyl (C=O) groups is 2. The van der Waals surface area contributed by atoms with Crippen LogP contribution in [0.3, 0.4) is 0 Å². The number of thiocarbonyl (C=S) groups is 1. The molecule has 1 aliphatic heterocycles. The third-order valence-electron chi connectivity index (χ3n) is 4.87. The summed E-state index contributed by atoms with van der Waals surface area (Å²) in [5.41, 5.74) is 3.83. The maximum absolute atomic E-state index is 13.3. The number of anilines is 1. The minimum Gasteiger partial charge on any atom is -0.317 e. The molecule has 0 unspecified atom stereocenters. The lowest BCUT2D eigenvalue weighted by molar-refractivity contribution is -0.122. The highest BCUT2D eigenvalue weighted by Crippen LogP contribution is 2.26. The van der Waals surface area contributed by atoms with Gasteiger partial charge in [-0.05, 0) is 80.2 Å². The number of hydrogen-bond donors (Lipinski definition) is 1. The molecule has 150 valence electrons. The van der Waals surface area contributed by atoms with E-state index in [9.17, 15) is 14.0 Å². The molecule has 0 atom stereocenters. The van der Waals surface area contributed by atoms with Gasteiger partial charge in [-0.3, -0.25) is 19.8 Å². The number of hydrogen-bond acceptors (Lipinski definition) is 3. The molecule has 7 heteroatoms. The Bertz CT molecular complexity index is 1210. The maximum Gasteiger partial charge on any atom is 0.270 e. The molecule has 30 heavy (non-hydrogen) atoms. The Kier molecular flexibility index (Phi) is 5.05. The molecule has 5 nitrogen and oxygen atoms in total. The number of nitrogens with zero attached hydrogens (tertiary/aromatic N) is 2. The van der Waals surface area contributed by atoms with Crippen LogP contribution in [0.5, 0.6) is 0 Å². The Morgan fingerprint density at radius 3 is 2.47 bits per heavy atom. The van der Waals surface area contributed by atoms with Crippen LogP contribution in [0.15, 0.2) is 66.4 Å². The summed E-state index contributed by atoms with van der Waals surface area (Å²) in [6.07, 6.45) is 3.29. The molecular formula is C23H18FN3O2S. The van der Waals surface area contributed by atoms with Gasteiger partial charge in [0.05, 0.1) is 5.69 Å². The van der Waals surface area contributed by atoms with E-state index in [0.29, 0.717) is 17.1 Å². The minimum atomic E-state index is -0.558. The second-order valence-corrected chi connectivity index (χ2v) is 7.41. The molecule has 2 aromatic carbocycles. The Balaban J connectivity index is 1.76. The third kappa shape index (κ3) is 3.55. The van der Waals surface area contributed by atoms with E-state index in [0.717, 1.165) is 11.1 Å². The normalized spacial score (nSPS) is 15.6. The fraction of sp³-hybridized carbons (Fsp3) is 0.0870. The van der Waals surface area contributed by atoms with Gasteiger partial charge in [-0.1, -0.05) is 17.7 Å². The number of amides is 2. The molecule has 1 N–H and O–H groups in total. The lowest BCUT2D eigenvalue weighted by Gasteiger charge is -2.30. The van der Waals surface area contributed by atoms with E-state index in [2.05, 4.69) is 5.32 Å². The van der Waals surface area contributed by atoms with Crippen molar-refractivity contribution in [3.8, 4) is 5.69 Å². The SMILES string of the molecule is Cc1ccc(N2C(=O)/C(=C/c3cccn3-c3ccc(F)cc3)C(=O)NC2=S)c(C)c1. The van der Waals surface area contributed by atoms with Crippen LogP contribution < -0.4 is 10.2 Å². The Morgan fingerprint density at radius 1 is 1.03 bits per heavy atom. The first-order valence-electron chi connectivity index (χ1n) is 9.27. The van der Waals surface area contributed by atoms with Crippen LogP contribution in [0.1, 0.15) is 16.8 Å². The highest BCUT2D eigenvalue weighted by Gasteiger charge is 2.35. The fourth-order valence-electron chi connectivity index (χ4n) is 3.43. The van der Waals surface area contributed by atoms with E-state index in [-0.39, 0.29) is 16.5 Å². The zero-order valence-electron chi connectivity index (χ0n) is 16.3. The van der Waals surface area contributed by atoms with Crippen molar-refractivity contribution in [1.29, 1.82) is 0 Å². The van der Waals surface area contributed by atoms with E-state index < -0.39 is 11.8 Å². The maximum atomic E-state index is 13.3. The summed E-state index contributed by atoms with van der Waals surface area (Å²) in [6.45, 7) is 3.85. The summed E-state index contributed by atoms with van der Waals surface area (Å²) in [4.78, 5) is 27.2. The van der Waals surface area contributed by atoms with Crippen LogP contribution in [0.4, 0.5) is 10.1 Å². The average Bonchev–Trinajstić information content (AvgIpc) is 3.15. The predicted octanol–water partition coefficient (Wildman–Crippen LogP) is 4.06. The van der Waals surface area contributed by atoms with E-state index >= 15 is 0 Å². The third-order valence-corrected chi connectivity index (χ3v) is 5.16. The number of nitrogens with one attached hydrogen (secondary N) is 1. The second-order valence-electron chi connectivity index (χ2n) is 7.03. The molecule has 2 amide bonds. The quantitative estimate of drug-likeness (QED) is 0.396. The van der Waals surface area contributed by atoms with Gasteiger partial charge >= 0.3 is 0 Å². The highest BCUT2D eigenvalue weighted by atomic mass is 32.1. The van der Waals surface area contributed by atoms with Crippen LogP contribution in [0, 0.1) is 19.7 Å². The van der Waals surface area contributed by atoms with Crippen molar-refractivity contribution in [3.05, 3.63) is 89.0 Å². The van der Waals surface area contributed by atoms with Gasteiger partial charge in [0.1, 0.15) is 11.4 Å². The molecule has 0 bridgehead atoms. The largest absolute Gasteiger partial charge is 0.317 e. The first-order chi connectivity index (χ1) is 14.3. The van der Waals surface area contributed by atoms with Gasteiger partial charge in [-0.2, -0.15) is 0 Å². The van der Waals surface area contributed by atoms with E-state index in [4.69, 9.17) is 12.2 Å². The summed E-state index contributed by atoms with van der Waals surface area (Å²) < 4.78 is 15.0.